The zero-order valence-electron chi connectivity index (χ0n) is 25.6. The van der Waals surface area contributed by atoms with Gasteiger partial charge in [-0.2, -0.15) is 0 Å². The zero-order chi connectivity index (χ0) is 30.2. The lowest BCUT2D eigenvalue weighted by Crippen LogP contribution is -2.65. The Morgan fingerprint density at radius 1 is 1.05 bits per heavy atom. The fourth-order valence-corrected chi connectivity index (χ4v) is 6.54. The lowest BCUT2D eigenvalue weighted by Gasteiger charge is -2.50. The number of phenolic OH excluding ortho intramolecular Hbond substituents is 1. The Morgan fingerprint density at radius 3 is 2.07 bits per heavy atom. The molecule has 0 spiro atoms. The topological polar surface area (TPSA) is 168 Å². The molecule has 0 bridgehead atoms. The first kappa shape index (κ1) is 38.5. The summed E-state index contributed by atoms with van der Waals surface area (Å²) >= 11 is 0. The second-order valence-electron chi connectivity index (χ2n) is 12.6. The number of hydrogen-bond acceptors (Lipinski definition) is 10. The molecule has 0 radical (unpaired) electrons. The molecule has 3 aliphatic rings. The summed E-state index contributed by atoms with van der Waals surface area (Å²) in [5.41, 5.74) is 3.94. The fraction of sp³-hybridized carbons (Fsp3) is 0.552. The van der Waals surface area contributed by atoms with Crippen LogP contribution < -0.4 is 10.6 Å². The van der Waals surface area contributed by atoms with Crippen molar-refractivity contribution in [3.63, 3.8) is 0 Å². The Labute approximate surface area is 270 Å². The largest absolute Gasteiger partial charge is 0.508 e. The summed E-state index contributed by atoms with van der Waals surface area (Å²) < 4.78 is 0. The van der Waals surface area contributed by atoms with Crippen LogP contribution in [-0.4, -0.2) is 100 Å². The molecular weight excluding hydrogens is 623 g/mol. The quantitative estimate of drug-likeness (QED) is 0.295. The van der Waals surface area contributed by atoms with E-state index < -0.39 is 58.0 Å². The highest BCUT2D eigenvalue weighted by Gasteiger charge is 2.64. The molecule has 14 heteroatoms. The summed E-state index contributed by atoms with van der Waals surface area (Å²) in [6.07, 6.45) is 0.286. The molecule has 43 heavy (non-hydrogen) atoms. The van der Waals surface area contributed by atoms with Gasteiger partial charge in [0.05, 0.1) is 11.6 Å². The zero-order valence-corrected chi connectivity index (χ0v) is 28.0. The van der Waals surface area contributed by atoms with Crippen molar-refractivity contribution < 1.29 is 34.8 Å². The highest BCUT2D eigenvalue weighted by Crippen LogP contribution is 2.54. The maximum absolute atomic E-state index is 14.0. The normalized spacial score (nSPS) is 24.9. The first-order valence-electron chi connectivity index (χ1n) is 13.3. The number of fused-ring (bicyclic) bond motifs is 3. The Kier molecular flexibility index (Phi) is 11.5. The summed E-state index contributed by atoms with van der Waals surface area (Å²) in [7, 11) is 8.86. The first-order valence-corrected chi connectivity index (χ1v) is 13.3. The third kappa shape index (κ3) is 5.83. The van der Waals surface area contributed by atoms with Crippen molar-refractivity contribution in [2.75, 3.05) is 40.1 Å². The van der Waals surface area contributed by atoms with Crippen LogP contribution in [0.3, 0.4) is 0 Å². The summed E-state index contributed by atoms with van der Waals surface area (Å²) in [4.78, 5) is 44.9. The molecule has 1 aromatic rings. The second-order valence-corrected chi connectivity index (χ2v) is 12.6. The SMILES string of the molecule is CN(C)c1c(CN(C)C(C)(C)C)cc(O)c2c1C[C@H]1C[C@H]3[C@H](N(C)C)C(=O)C(C(N)=O)=C(O)[C@@]3(O)C(=O)C1=C2O.Cl.Cl.Cl. The minimum atomic E-state index is -2.65. The number of Topliss-reactive ketones (excluding diaryl/α,β-unsaturated/α-hetero) is 2. The van der Waals surface area contributed by atoms with Crippen LogP contribution in [0.25, 0.3) is 5.76 Å². The number of likely N-dealkylation sites (N-methyl/N-ethyl adjacent to an activating group) is 1. The monoisotopic (exact) mass is 664 g/mol. The number of ketones is 2. The number of halogens is 3. The molecular formula is C29H43Cl3N4O7. The molecule has 0 aromatic heterocycles. The Morgan fingerprint density at radius 2 is 1.60 bits per heavy atom. The summed E-state index contributed by atoms with van der Waals surface area (Å²) in [5, 5.41) is 45.4. The highest BCUT2D eigenvalue weighted by molar-refractivity contribution is 6.24. The number of nitrogens with zero attached hydrogens (tertiary/aromatic N) is 3. The number of carbonyl (C=O) groups excluding carboxylic acids is 3. The molecule has 6 N–H and O–H groups in total. The van der Waals surface area contributed by atoms with Gasteiger partial charge in [-0.25, -0.2) is 0 Å². The van der Waals surface area contributed by atoms with Crippen LogP contribution in [0.5, 0.6) is 5.75 Å². The number of aliphatic hydroxyl groups excluding tert-OH is 2. The van der Waals surface area contributed by atoms with Gasteiger partial charge in [-0.3, -0.25) is 24.2 Å². The highest BCUT2D eigenvalue weighted by atomic mass is 35.5. The minimum Gasteiger partial charge on any atom is -0.508 e. The van der Waals surface area contributed by atoms with Crippen molar-refractivity contribution in [1.82, 2.24) is 9.80 Å². The average molecular weight is 666 g/mol. The summed E-state index contributed by atoms with van der Waals surface area (Å²) in [6, 6.07) is 0.452. The Hall–Kier alpha value is -2.54. The maximum atomic E-state index is 14.0. The number of amides is 1. The van der Waals surface area contributed by atoms with Gasteiger partial charge in [0, 0.05) is 43.4 Å². The number of aliphatic hydroxyl groups is 3. The minimum absolute atomic E-state index is 0. The summed E-state index contributed by atoms with van der Waals surface area (Å²) in [5.74, 6) is -6.60. The van der Waals surface area contributed by atoms with Gasteiger partial charge in [0.1, 0.15) is 22.8 Å². The van der Waals surface area contributed by atoms with E-state index in [9.17, 15) is 34.8 Å². The van der Waals surface area contributed by atoms with E-state index in [1.807, 2.05) is 26.0 Å². The predicted octanol–water partition coefficient (Wildman–Crippen LogP) is 2.53. The molecule has 0 unspecified atom stereocenters. The number of phenols is 1. The Bertz CT molecular complexity index is 1390. The number of rotatable bonds is 5. The van der Waals surface area contributed by atoms with E-state index in [0.717, 1.165) is 11.3 Å². The number of benzene rings is 1. The molecule has 1 fully saturated rings. The molecule has 4 atom stereocenters. The van der Waals surface area contributed by atoms with Crippen LogP contribution in [0.4, 0.5) is 5.69 Å². The molecule has 3 aliphatic carbocycles. The van der Waals surface area contributed by atoms with Crippen LogP contribution in [0.1, 0.15) is 43.9 Å². The lowest BCUT2D eigenvalue weighted by molar-refractivity contribution is -0.153. The van der Waals surface area contributed by atoms with E-state index in [4.69, 9.17) is 5.73 Å². The molecule has 4 rings (SSSR count). The van der Waals surface area contributed by atoms with E-state index in [1.165, 1.54) is 4.90 Å². The van der Waals surface area contributed by atoms with Crippen LogP contribution in [0.2, 0.25) is 0 Å². The molecule has 0 heterocycles. The predicted molar refractivity (Wildman–Crippen MR) is 172 cm³/mol. The lowest BCUT2D eigenvalue weighted by atomic mass is 9.57. The van der Waals surface area contributed by atoms with E-state index in [-0.39, 0.29) is 72.5 Å². The van der Waals surface area contributed by atoms with Gasteiger partial charge in [-0.15, -0.1) is 37.2 Å². The van der Waals surface area contributed by atoms with Gasteiger partial charge >= 0.3 is 0 Å². The van der Waals surface area contributed by atoms with Crippen molar-refractivity contribution in [3.8, 4) is 5.75 Å². The number of nitrogens with two attached hydrogens (primary N) is 1. The van der Waals surface area contributed by atoms with Crippen molar-refractivity contribution in [3.05, 3.63) is 39.7 Å². The van der Waals surface area contributed by atoms with Gasteiger partial charge in [-0.1, -0.05) is 0 Å². The molecule has 1 saturated carbocycles. The van der Waals surface area contributed by atoms with Crippen LogP contribution in [0, 0.1) is 11.8 Å². The second kappa shape index (κ2) is 12.8. The summed E-state index contributed by atoms with van der Waals surface area (Å²) in [6.45, 7) is 6.75. The van der Waals surface area contributed by atoms with Gasteiger partial charge in [0.2, 0.25) is 5.78 Å². The van der Waals surface area contributed by atoms with Crippen molar-refractivity contribution in [1.29, 1.82) is 0 Å². The van der Waals surface area contributed by atoms with E-state index in [0.29, 0.717) is 12.1 Å². The van der Waals surface area contributed by atoms with Crippen LogP contribution in [-0.2, 0) is 27.3 Å². The van der Waals surface area contributed by atoms with Gasteiger partial charge in [0.25, 0.3) is 5.91 Å². The van der Waals surface area contributed by atoms with Gasteiger partial charge < -0.3 is 31.1 Å². The Balaban J connectivity index is 0.00000308. The van der Waals surface area contributed by atoms with Crippen molar-refractivity contribution >= 4 is 66.1 Å². The molecule has 0 aliphatic heterocycles. The molecule has 0 saturated heterocycles. The van der Waals surface area contributed by atoms with Crippen LogP contribution in [0.15, 0.2) is 23.0 Å². The molecule has 1 amide bonds. The third-order valence-corrected chi connectivity index (χ3v) is 8.77. The third-order valence-electron chi connectivity index (χ3n) is 8.77. The first-order chi connectivity index (χ1) is 18.3. The van der Waals surface area contributed by atoms with Crippen molar-refractivity contribution in [2.24, 2.45) is 17.6 Å². The number of anilines is 1. The maximum Gasteiger partial charge on any atom is 0.255 e. The number of aromatic hydroxyl groups is 1. The molecule has 11 nitrogen and oxygen atoms in total. The van der Waals surface area contributed by atoms with Crippen LogP contribution >= 0.6 is 37.2 Å². The standard InChI is InChI=1S/C29H40N4O7.3ClH/c1-28(2,3)33(8)12-14-11-17(34)19-15(21(14)31(4)5)9-13-10-16-22(32(6)7)24(36)20(27(30)39)26(38)29(16,40)25(37)18(13)23(19)35;;;/h11,13,16,22,34-35,38,40H,9-10,12H2,1-8H3,(H2,30,39);3*1H/t13-,16-,22-,29-;;;/m0.../s1. The number of primary amides is 1. The van der Waals surface area contributed by atoms with E-state index in [2.05, 4.69) is 25.7 Å². The van der Waals surface area contributed by atoms with Gasteiger partial charge in [-0.05, 0) is 77.9 Å². The van der Waals surface area contributed by atoms with E-state index >= 15 is 0 Å². The number of hydrogen-bond donors (Lipinski definition) is 5. The molecule has 1 aromatic carbocycles. The average Bonchev–Trinajstić information content (AvgIpc) is 2.79. The molecule has 242 valence electrons. The fourth-order valence-electron chi connectivity index (χ4n) is 6.54. The number of carbonyl (C=O) groups is 3. The smallest absolute Gasteiger partial charge is 0.255 e. The van der Waals surface area contributed by atoms with Gasteiger partial charge in [0.15, 0.2) is 11.4 Å². The van der Waals surface area contributed by atoms with E-state index in [1.54, 1.807) is 20.2 Å². The van der Waals surface area contributed by atoms with Crippen molar-refractivity contribution in [2.45, 2.75) is 57.3 Å².